The molecule has 0 atom stereocenters. The maximum absolute atomic E-state index is 5.62. The Bertz CT molecular complexity index is 437. The Kier molecular flexibility index (Phi) is 1.44. The molecule has 5 heteroatoms. The molecule has 0 aromatic carbocycles. The molecule has 62 valence electrons. The third-order valence-electron chi connectivity index (χ3n) is 1.50. The first-order chi connectivity index (χ1) is 5.66. The summed E-state index contributed by atoms with van der Waals surface area (Å²) >= 11 is 5.62. The average Bonchev–Trinajstić information content (AvgIpc) is 2.29. The van der Waals surface area contributed by atoms with Crippen LogP contribution in [0.3, 0.4) is 0 Å². The Morgan fingerprint density at radius 2 is 2.25 bits per heavy atom. The van der Waals surface area contributed by atoms with Gasteiger partial charge in [0, 0.05) is 6.07 Å². The highest BCUT2D eigenvalue weighted by Crippen LogP contribution is 2.24. The SMILES string of the molecule is Cc1nc(N)c2cc(Cl)oc2n1. The molecule has 2 rings (SSSR count). The lowest BCUT2D eigenvalue weighted by atomic mass is 10.4. The predicted octanol–water partition coefficient (Wildman–Crippen LogP) is 1.77. The van der Waals surface area contributed by atoms with Crippen LogP contribution in [0.1, 0.15) is 5.82 Å². The second-order valence-electron chi connectivity index (χ2n) is 2.43. The molecular formula is C7H6ClN3O. The van der Waals surface area contributed by atoms with Crippen LogP contribution in [0.5, 0.6) is 0 Å². The number of fused-ring (bicyclic) bond motifs is 1. The van der Waals surface area contributed by atoms with E-state index in [-0.39, 0.29) is 5.22 Å². The van der Waals surface area contributed by atoms with Crippen molar-refractivity contribution in [1.82, 2.24) is 9.97 Å². The van der Waals surface area contributed by atoms with Crippen molar-refractivity contribution < 1.29 is 4.42 Å². The molecule has 0 spiro atoms. The highest BCUT2D eigenvalue weighted by atomic mass is 35.5. The van der Waals surface area contributed by atoms with E-state index in [0.717, 1.165) is 0 Å². The van der Waals surface area contributed by atoms with Gasteiger partial charge in [0.05, 0.1) is 5.39 Å². The lowest BCUT2D eigenvalue weighted by Crippen LogP contribution is -1.94. The zero-order valence-electron chi connectivity index (χ0n) is 6.34. The van der Waals surface area contributed by atoms with Crippen LogP contribution in [-0.2, 0) is 0 Å². The lowest BCUT2D eigenvalue weighted by Gasteiger charge is -1.94. The third kappa shape index (κ3) is 1.00. The fourth-order valence-electron chi connectivity index (χ4n) is 1.03. The number of nitrogens with two attached hydrogens (primary N) is 1. The van der Waals surface area contributed by atoms with E-state index < -0.39 is 0 Å². The molecule has 0 aliphatic heterocycles. The van der Waals surface area contributed by atoms with Gasteiger partial charge in [-0.15, -0.1) is 0 Å². The van der Waals surface area contributed by atoms with Gasteiger partial charge >= 0.3 is 0 Å². The molecule has 0 radical (unpaired) electrons. The minimum atomic E-state index is 0.275. The standard InChI is InChI=1S/C7H6ClN3O/c1-3-10-6(9)4-2-5(8)12-7(4)11-3/h2H,1H3,(H2,9,10,11). The summed E-state index contributed by atoms with van der Waals surface area (Å²) in [5.74, 6) is 0.971. The molecule has 4 nitrogen and oxygen atoms in total. The van der Waals surface area contributed by atoms with Crippen molar-refractivity contribution in [3.8, 4) is 0 Å². The van der Waals surface area contributed by atoms with Crippen molar-refractivity contribution in [3.05, 3.63) is 17.1 Å². The first-order valence-electron chi connectivity index (χ1n) is 3.36. The quantitative estimate of drug-likeness (QED) is 0.676. The molecule has 0 amide bonds. The van der Waals surface area contributed by atoms with Gasteiger partial charge in [0.25, 0.3) is 0 Å². The van der Waals surface area contributed by atoms with Crippen LogP contribution in [0.2, 0.25) is 5.22 Å². The second-order valence-corrected chi connectivity index (χ2v) is 2.80. The molecule has 2 heterocycles. The lowest BCUT2D eigenvalue weighted by molar-refractivity contribution is 0.603. The number of anilines is 1. The first kappa shape index (κ1) is 7.36. The number of furan rings is 1. The highest BCUT2D eigenvalue weighted by Gasteiger charge is 2.07. The predicted molar refractivity (Wildman–Crippen MR) is 46.0 cm³/mol. The molecule has 2 aromatic heterocycles. The molecule has 0 aliphatic rings. The van der Waals surface area contributed by atoms with Gasteiger partial charge in [-0.1, -0.05) is 0 Å². The van der Waals surface area contributed by atoms with Gasteiger partial charge in [0.2, 0.25) is 5.71 Å². The van der Waals surface area contributed by atoms with Gasteiger partial charge in [-0.3, -0.25) is 0 Å². The van der Waals surface area contributed by atoms with Crippen LogP contribution in [0, 0.1) is 6.92 Å². The topological polar surface area (TPSA) is 64.9 Å². The van der Waals surface area contributed by atoms with Crippen molar-refractivity contribution in [2.45, 2.75) is 6.92 Å². The first-order valence-corrected chi connectivity index (χ1v) is 3.74. The van der Waals surface area contributed by atoms with Crippen molar-refractivity contribution >= 4 is 28.5 Å². The third-order valence-corrected chi connectivity index (χ3v) is 1.69. The summed E-state index contributed by atoms with van der Waals surface area (Å²) in [5.41, 5.74) is 6.04. The summed E-state index contributed by atoms with van der Waals surface area (Å²) < 4.78 is 5.06. The van der Waals surface area contributed by atoms with E-state index >= 15 is 0 Å². The van der Waals surface area contributed by atoms with E-state index in [1.54, 1.807) is 13.0 Å². The van der Waals surface area contributed by atoms with Crippen LogP contribution in [0.25, 0.3) is 11.1 Å². The van der Waals surface area contributed by atoms with Crippen molar-refractivity contribution in [1.29, 1.82) is 0 Å². The van der Waals surface area contributed by atoms with E-state index in [1.165, 1.54) is 0 Å². The number of aromatic nitrogens is 2. The van der Waals surface area contributed by atoms with Gasteiger partial charge < -0.3 is 10.2 Å². The minimum absolute atomic E-state index is 0.275. The smallest absolute Gasteiger partial charge is 0.233 e. The Morgan fingerprint density at radius 1 is 1.50 bits per heavy atom. The molecule has 2 N–H and O–H groups in total. The van der Waals surface area contributed by atoms with E-state index in [0.29, 0.717) is 22.7 Å². The Balaban J connectivity index is 2.88. The fourth-order valence-corrected chi connectivity index (χ4v) is 1.21. The molecule has 0 unspecified atom stereocenters. The molecule has 0 bridgehead atoms. The van der Waals surface area contributed by atoms with Gasteiger partial charge in [-0.05, 0) is 18.5 Å². The summed E-state index contributed by atoms with van der Waals surface area (Å²) in [4.78, 5) is 7.98. The largest absolute Gasteiger partial charge is 0.426 e. The number of hydrogen-bond donors (Lipinski definition) is 1. The number of rotatable bonds is 0. The minimum Gasteiger partial charge on any atom is -0.426 e. The van der Waals surface area contributed by atoms with E-state index in [1.807, 2.05) is 0 Å². The number of hydrogen-bond acceptors (Lipinski definition) is 4. The normalized spacial score (nSPS) is 10.8. The van der Waals surface area contributed by atoms with Crippen molar-refractivity contribution in [2.75, 3.05) is 5.73 Å². The summed E-state index contributed by atoms with van der Waals surface area (Å²) in [6, 6.07) is 1.60. The van der Waals surface area contributed by atoms with E-state index in [4.69, 9.17) is 21.8 Å². The second kappa shape index (κ2) is 2.35. The van der Waals surface area contributed by atoms with E-state index in [2.05, 4.69) is 9.97 Å². The number of aryl methyl sites for hydroxylation is 1. The van der Waals surface area contributed by atoms with Crippen molar-refractivity contribution in [2.24, 2.45) is 0 Å². The Labute approximate surface area is 73.4 Å². The van der Waals surface area contributed by atoms with Crippen LogP contribution in [0.4, 0.5) is 5.82 Å². The maximum atomic E-state index is 5.62. The average molecular weight is 184 g/mol. The summed E-state index contributed by atoms with van der Waals surface area (Å²) in [6.45, 7) is 1.74. The fraction of sp³-hybridized carbons (Fsp3) is 0.143. The number of halogens is 1. The number of nitrogen functional groups attached to an aromatic ring is 1. The summed E-state index contributed by atoms with van der Waals surface area (Å²) in [5, 5.41) is 0.933. The molecule has 2 aromatic rings. The van der Waals surface area contributed by atoms with Crippen LogP contribution in [-0.4, -0.2) is 9.97 Å². The molecule has 0 saturated carbocycles. The van der Waals surface area contributed by atoms with Gasteiger partial charge in [-0.25, -0.2) is 4.98 Å². The zero-order chi connectivity index (χ0) is 8.72. The molecule has 0 fully saturated rings. The van der Waals surface area contributed by atoms with Gasteiger partial charge in [0.1, 0.15) is 11.6 Å². The van der Waals surface area contributed by atoms with Crippen LogP contribution >= 0.6 is 11.6 Å². The van der Waals surface area contributed by atoms with Crippen molar-refractivity contribution in [3.63, 3.8) is 0 Å². The summed E-state index contributed by atoms with van der Waals surface area (Å²) in [7, 11) is 0. The van der Waals surface area contributed by atoms with Crippen LogP contribution < -0.4 is 5.73 Å². The summed E-state index contributed by atoms with van der Waals surface area (Å²) in [6.07, 6.45) is 0. The maximum Gasteiger partial charge on any atom is 0.233 e. The van der Waals surface area contributed by atoms with Gasteiger partial charge in [0.15, 0.2) is 5.22 Å². The molecular weight excluding hydrogens is 178 g/mol. The van der Waals surface area contributed by atoms with Crippen LogP contribution in [0.15, 0.2) is 10.5 Å². The van der Waals surface area contributed by atoms with E-state index in [9.17, 15) is 0 Å². The highest BCUT2D eigenvalue weighted by molar-refractivity contribution is 6.29. The molecule has 0 aliphatic carbocycles. The monoisotopic (exact) mass is 183 g/mol. The van der Waals surface area contributed by atoms with Gasteiger partial charge in [-0.2, -0.15) is 4.98 Å². The molecule has 0 saturated heterocycles. The zero-order valence-corrected chi connectivity index (χ0v) is 7.09. The Morgan fingerprint density at radius 3 is 3.00 bits per heavy atom. The number of nitrogens with zero attached hydrogens (tertiary/aromatic N) is 2. The molecule has 12 heavy (non-hydrogen) atoms. The Hall–Kier alpha value is -1.29.